The first-order chi connectivity index (χ1) is 3.30. The van der Waals surface area contributed by atoms with Gasteiger partial charge in [-0.3, -0.25) is 0 Å². The lowest BCUT2D eigenvalue weighted by Crippen LogP contribution is -1.98. The van der Waals surface area contributed by atoms with Gasteiger partial charge >= 0.3 is 0 Å². The van der Waals surface area contributed by atoms with Crippen LogP contribution in [0.15, 0.2) is 0 Å². The molecule has 1 rings (SSSR count). The van der Waals surface area contributed by atoms with Crippen molar-refractivity contribution < 1.29 is 0 Å². The highest BCUT2D eigenvalue weighted by Gasteiger charge is 2.19. The van der Waals surface area contributed by atoms with Crippen molar-refractivity contribution in [2.75, 3.05) is 0 Å². The van der Waals surface area contributed by atoms with Crippen LogP contribution in [0, 0.1) is 5.92 Å². The molecule has 0 amide bonds. The topological polar surface area (TPSA) is 0 Å². The maximum absolute atomic E-state index is 3.60. The molecular weight excluding hydrogens is 152 g/mol. The van der Waals surface area contributed by atoms with Crippen molar-refractivity contribution in [1.82, 2.24) is 0 Å². The molecule has 42 valence electrons. The Hall–Kier alpha value is 0.480. The average Bonchev–Trinajstić information content (AvgIpc) is 1.91. The monoisotopic (exact) mass is 162 g/mol. The lowest BCUT2D eigenvalue weighted by molar-refractivity contribution is 0.631. The Kier molecular flexibility index (Phi) is 1.74. The Morgan fingerprint density at radius 2 is 2.14 bits per heavy atom. The molecule has 0 unspecified atom stereocenters. The van der Waals surface area contributed by atoms with Crippen LogP contribution in [0.25, 0.3) is 0 Å². The predicted molar refractivity (Wildman–Crippen MR) is 35.7 cm³/mol. The molecule has 0 bridgehead atoms. The molecule has 0 heterocycles. The van der Waals surface area contributed by atoms with Crippen LogP contribution in [-0.4, -0.2) is 4.83 Å². The van der Waals surface area contributed by atoms with E-state index in [2.05, 4.69) is 22.9 Å². The summed E-state index contributed by atoms with van der Waals surface area (Å²) in [5.41, 5.74) is 0. The third kappa shape index (κ3) is 1.18. The van der Waals surface area contributed by atoms with Crippen LogP contribution in [0.5, 0.6) is 0 Å². The molecule has 0 aromatic carbocycles. The van der Waals surface area contributed by atoms with Crippen molar-refractivity contribution in [3.63, 3.8) is 0 Å². The highest BCUT2D eigenvalue weighted by molar-refractivity contribution is 9.09. The molecule has 0 aromatic rings. The zero-order valence-corrected chi connectivity index (χ0v) is 6.24. The lowest BCUT2D eigenvalue weighted by Gasteiger charge is -2.02. The van der Waals surface area contributed by atoms with E-state index >= 15 is 0 Å². The third-order valence-corrected chi connectivity index (χ3v) is 3.12. The Bertz CT molecular complexity index is 53.2. The number of hydrogen-bond donors (Lipinski definition) is 0. The van der Waals surface area contributed by atoms with Crippen LogP contribution in [0.2, 0.25) is 0 Å². The molecule has 1 aliphatic rings. The zero-order chi connectivity index (χ0) is 5.28. The van der Waals surface area contributed by atoms with E-state index in [1.165, 1.54) is 19.3 Å². The van der Waals surface area contributed by atoms with Gasteiger partial charge in [0.05, 0.1) is 0 Å². The first-order valence-electron chi connectivity index (χ1n) is 2.95. The summed E-state index contributed by atoms with van der Waals surface area (Å²) in [6.45, 7) is 2.31. The molecule has 0 aromatic heterocycles. The summed E-state index contributed by atoms with van der Waals surface area (Å²) < 4.78 is 0. The van der Waals surface area contributed by atoms with Gasteiger partial charge in [0.25, 0.3) is 0 Å². The second-order valence-corrected chi connectivity index (χ2v) is 3.60. The van der Waals surface area contributed by atoms with Gasteiger partial charge in [-0.05, 0) is 18.8 Å². The fourth-order valence-corrected chi connectivity index (χ4v) is 1.69. The molecule has 0 saturated heterocycles. The van der Waals surface area contributed by atoms with Gasteiger partial charge in [0.1, 0.15) is 0 Å². The van der Waals surface area contributed by atoms with Crippen molar-refractivity contribution in [2.45, 2.75) is 31.0 Å². The fraction of sp³-hybridized carbons (Fsp3) is 1.00. The molecule has 0 N–H and O–H groups in total. The van der Waals surface area contributed by atoms with E-state index in [-0.39, 0.29) is 0 Å². The van der Waals surface area contributed by atoms with E-state index in [1.807, 2.05) is 0 Å². The molecule has 0 nitrogen and oxygen atoms in total. The van der Waals surface area contributed by atoms with Crippen molar-refractivity contribution in [3.05, 3.63) is 0 Å². The first-order valence-corrected chi connectivity index (χ1v) is 3.86. The van der Waals surface area contributed by atoms with Crippen LogP contribution >= 0.6 is 15.9 Å². The third-order valence-electron chi connectivity index (χ3n) is 1.76. The summed E-state index contributed by atoms with van der Waals surface area (Å²) >= 11 is 3.60. The molecule has 0 aliphatic heterocycles. The predicted octanol–water partition coefficient (Wildman–Crippen LogP) is 2.57. The quantitative estimate of drug-likeness (QED) is 0.481. The standard InChI is InChI=1S/C6H11Br/c1-5-3-2-4-6(5)7/h5-6H,2-4H2,1H3/t5-,6+/m1/s1. The molecule has 1 saturated carbocycles. The van der Waals surface area contributed by atoms with Crippen LogP contribution in [0.1, 0.15) is 26.2 Å². The largest absolute Gasteiger partial charge is 0.0888 e. The van der Waals surface area contributed by atoms with Crippen molar-refractivity contribution >= 4 is 15.9 Å². The van der Waals surface area contributed by atoms with E-state index in [4.69, 9.17) is 0 Å². The number of rotatable bonds is 0. The second-order valence-electron chi connectivity index (χ2n) is 2.42. The minimum Gasteiger partial charge on any atom is -0.0888 e. The van der Waals surface area contributed by atoms with Gasteiger partial charge in [0, 0.05) is 4.83 Å². The summed E-state index contributed by atoms with van der Waals surface area (Å²) in [7, 11) is 0. The molecule has 2 atom stereocenters. The molecule has 1 fully saturated rings. The van der Waals surface area contributed by atoms with Crippen LogP contribution in [0.4, 0.5) is 0 Å². The summed E-state index contributed by atoms with van der Waals surface area (Å²) in [5.74, 6) is 0.931. The summed E-state index contributed by atoms with van der Waals surface area (Å²) in [6.07, 6.45) is 4.24. The maximum Gasteiger partial charge on any atom is 0.0171 e. The molecule has 0 radical (unpaired) electrons. The van der Waals surface area contributed by atoms with Crippen LogP contribution in [-0.2, 0) is 0 Å². The second kappa shape index (κ2) is 2.17. The Labute approximate surface area is 53.4 Å². The number of alkyl halides is 1. The number of hydrogen-bond acceptors (Lipinski definition) is 0. The molecular formula is C6H11Br. The van der Waals surface area contributed by atoms with Crippen LogP contribution < -0.4 is 0 Å². The summed E-state index contributed by atoms with van der Waals surface area (Å²) in [4.78, 5) is 0.826. The number of halogens is 1. The molecule has 0 spiro atoms. The van der Waals surface area contributed by atoms with Gasteiger partial charge in [-0.15, -0.1) is 0 Å². The van der Waals surface area contributed by atoms with Gasteiger partial charge in [-0.2, -0.15) is 0 Å². The highest BCUT2D eigenvalue weighted by Crippen LogP contribution is 2.30. The lowest BCUT2D eigenvalue weighted by atomic mass is 10.1. The fourth-order valence-electron chi connectivity index (χ4n) is 1.10. The summed E-state index contributed by atoms with van der Waals surface area (Å²) in [6, 6.07) is 0. The Morgan fingerprint density at radius 3 is 2.29 bits per heavy atom. The first kappa shape index (κ1) is 5.61. The minimum absolute atomic E-state index is 0.826. The normalized spacial score (nSPS) is 42.0. The smallest absolute Gasteiger partial charge is 0.0171 e. The van der Waals surface area contributed by atoms with Gasteiger partial charge in [0.2, 0.25) is 0 Å². The molecule has 1 heteroatoms. The Balaban J connectivity index is 2.33. The Morgan fingerprint density at radius 1 is 1.43 bits per heavy atom. The van der Waals surface area contributed by atoms with E-state index < -0.39 is 0 Å². The van der Waals surface area contributed by atoms with Crippen molar-refractivity contribution in [2.24, 2.45) is 5.92 Å². The van der Waals surface area contributed by atoms with Gasteiger partial charge < -0.3 is 0 Å². The van der Waals surface area contributed by atoms with E-state index in [9.17, 15) is 0 Å². The van der Waals surface area contributed by atoms with Crippen molar-refractivity contribution in [1.29, 1.82) is 0 Å². The van der Waals surface area contributed by atoms with E-state index in [1.54, 1.807) is 0 Å². The minimum atomic E-state index is 0.826. The zero-order valence-electron chi connectivity index (χ0n) is 4.65. The summed E-state index contributed by atoms with van der Waals surface area (Å²) in [5, 5.41) is 0. The SMILES string of the molecule is C[C@@H]1CCC[C@@H]1Br. The van der Waals surface area contributed by atoms with Gasteiger partial charge in [-0.1, -0.05) is 29.3 Å². The average molecular weight is 163 g/mol. The van der Waals surface area contributed by atoms with Gasteiger partial charge in [-0.25, -0.2) is 0 Å². The molecule has 7 heavy (non-hydrogen) atoms. The van der Waals surface area contributed by atoms with E-state index in [0.29, 0.717) is 0 Å². The van der Waals surface area contributed by atoms with E-state index in [0.717, 1.165) is 10.7 Å². The maximum atomic E-state index is 3.60. The highest BCUT2D eigenvalue weighted by atomic mass is 79.9. The van der Waals surface area contributed by atoms with Gasteiger partial charge in [0.15, 0.2) is 0 Å². The van der Waals surface area contributed by atoms with Crippen LogP contribution in [0.3, 0.4) is 0 Å². The van der Waals surface area contributed by atoms with Crippen molar-refractivity contribution in [3.8, 4) is 0 Å². The molecule has 1 aliphatic carbocycles.